The van der Waals surface area contributed by atoms with Gasteiger partial charge in [0, 0.05) is 23.7 Å². The van der Waals surface area contributed by atoms with Gasteiger partial charge in [0.1, 0.15) is 5.02 Å². The van der Waals surface area contributed by atoms with Gasteiger partial charge < -0.3 is 5.32 Å². The molecule has 0 saturated heterocycles. The molecule has 1 unspecified atom stereocenters. The fraction of sp³-hybridized carbons (Fsp3) is 0.174. The van der Waals surface area contributed by atoms with E-state index in [-0.39, 0.29) is 22.9 Å². The van der Waals surface area contributed by atoms with Gasteiger partial charge in [-0.1, -0.05) is 54.1 Å². The first-order valence-corrected chi connectivity index (χ1v) is 9.59. The number of halogens is 1. The number of nitro benzene ring substituents is 1. The molecule has 5 nitrogen and oxygen atoms in total. The Morgan fingerprint density at radius 1 is 1.03 bits per heavy atom. The third kappa shape index (κ3) is 5.00. The van der Waals surface area contributed by atoms with Gasteiger partial charge in [0.05, 0.1) is 11.0 Å². The first-order chi connectivity index (χ1) is 13.8. The molecule has 0 heterocycles. The van der Waals surface area contributed by atoms with E-state index < -0.39 is 11.0 Å². The van der Waals surface area contributed by atoms with Crippen LogP contribution in [0, 0.1) is 24.0 Å². The SMILES string of the molecule is Cc1ccc(NC(CC(=O)c2ccccc2)c2ccc(Cl)c([N+](=O)[O-])c2)cc1C. The molecular formula is C23H21ClN2O3. The quantitative estimate of drug-likeness (QED) is 0.283. The van der Waals surface area contributed by atoms with Crippen molar-refractivity contribution in [3.05, 3.63) is 104 Å². The number of aryl methyl sites for hydroxylation is 2. The number of Topliss-reactive ketones (excluding diaryl/α,β-unsaturated/α-hetero) is 1. The summed E-state index contributed by atoms with van der Waals surface area (Å²) >= 11 is 5.97. The average molecular weight is 409 g/mol. The van der Waals surface area contributed by atoms with E-state index in [2.05, 4.69) is 5.32 Å². The zero-order valence-electron chi connectivity index (χ0n) is 16.2. The molecule has 0 aliphatic carbocycles. The molecule has 0 saturated carbocycles. The second kappa shape index (κ2) is 8.88. The average Bonchev–Trinajstić information content (AvgIpc) is 2.71. The van der Waals surface area contributed by atoms with Crippen LogP contribution >= 0.6 is 11.6 Å². The Bertz CT molecular complexity index is 1050. The Balaban J connectivity index is 1.96. The van der Waals surface area contributed by atoms with Gasteiger partial charge in [0.15, 0.2) is 5.78 Å². The highest BCUT2D eigenvalue weighted by Crippen LogP contribution is 2.32. The van der Waals surface area contributed by atoms with Crippen molar-refractivity contribution in [2.75, 3.05) is 5.32 Å². The number of carbonyl (C=O) groups is 1. The number of nitrogens with zero attached hydrogens (tertiary/aromatic N) is 1. The van der Waals surface area contributed by atoms with Gasteiger partial charge in [-0.25, -0.2) is 0 Å². The van der Waals surface area contributed by atoms with Crippen LogP contribution in [0.25, 0.3) is 0 Å². The summed E-state index contributed by atoms with van der Waals surface area (Å²) in [6.45, 7) is 4.04. The molecule has 0 amide bonds. The number of nitrogens with one attached hydrogen (secondary N) is 1. The van der Waals surface area contributed by atoms with Crippen molar-refractivity contribution in [1.82, 2.24) is 0 Å². The van der Waals surface area contributed by atoms with Gasteiger partial charge in [0.25, 0.3) is 5.69 Å². The summed E-state index contributed by atoms with van der Waals surface area (Å²) in [4.78, 5) is 23.6. The summed E-state index contributed by atoms with van der Waals surface area (Å²) < 4.78 is 0. The highest BCUT2D eigenvalue weighted by atomic mass is 35.5. The smallest absolute Gasteiger partial charge is 0.288 e. The maximum atomic E-state index is 12.8. The van der Waals surface area contributed by atoms with Gasteiger partial charge >= 0.3 is 0 Å². The van der Waals surface area contributed by atoms with Gasteiger partial charge in [-0.15, -0.1) is 0 Å². The molecule has 0 aliphatic rings. The number of hydrogen-bond donors (Lipinski definition) is 1. The molecule has 0 aliphatic heterocycles. The second-order valence-corrected chi connectivity index (χ2v) is 7.36. The van der Waals surface area contributed by atoms with Crippen LogP contribution in [0.15, 0.2) is 66.7 Å². The summed E-state index contributed by atoms with van der Waals surface area (Å²) in [6, 6.07) is 19.1. The first kappa shape index (κ1) is 20.6. The highest BCUT2D eigenvalue weighted by Gasteiger charge is 2.21. The van der Waals surface area contributed by atoms with Crippen LogP contribution in [0.4, 0.5) is 11.4 Å². The van der Waals surface area contributed by atoms with Crippen LogP contribution < -0.4 is 5.32 Å². The molecule has 1 atom stereocenters. The standard InChI is InChI=1S/C23H21ClN2O3/c1-15-8-10-19(12-16(15)2)25-21(14-23(27)17-6-4-3-5-7-17)18-9-11-20(24)22(13-18)26(28)29/h3-13,21,25H,14H2,1-2H3. The number of carbonyl (C=O) groups excluding carboxylic acids is 1. The molecule has 3 aromatic rings. The van der Waals surface area contributed by atoms with Crippen LogP contribution in [0.3, 0.4) is 0 Å². The Hall–Kier alpha value is -3.18. The summed E-state index contributed by atoms with van der Waals surface area (Å²) in [5, 5.41) is 14.7. The van der Waals surface area contributed by atoms with Crippen LogP contribution in [-0.2, 0) is 0 Å². The monoisotopic (exact) mass is 408 g/mol. The van der Waals surface area contributed by atoms with Crippen molar-refractivity contribution < 1.29 is 9.72 Å². The Morgan fingerprint density at radius 3 is 2.41 bits per heavy atom. The molecule has 6 heteroatoms. The number of hydrogen-bond acceptors (Lipinski definition) is 4. The summed E-state index contributed by atoms with van der Waals surface area (Å²) in [5.74, 6) is -0.0514. The van der Waals surface area contributed by atoms with Crippen molar-refractivity contribution in [3.63, 3.8) is 0 Å². The normalized spacial score (nSPS) is 11.7. The zero-order valence-corrected chi connectivity index (χ0v) is 16.9. The van der Waals surface area contributed by atoms with Crippen molar-refractivity contribution in [2.24, 2.45) is 0 Å². The van der Waals surface area contributed by atoms with E-state index in [1.807, 2.05) is 50.2 Å². The van der Waals surface area contributed by atoms with E-state index in [1.54, 1.807) is 18.2 Å². The van der Waals surface area contributed by atoms with E-state index in [1.165, 1.54) is 12.1 Å². The zero-order chi connectivity index (χ0) is 21.0. The minimum Gasteiger partial charge on any atom is -0.378 e. The summed E-state index contributed by atoms with van der Waals surface area (Å²) in [5.41, 5.74) is 4.17. The molecule has 1 N–H and O–H groups in total. The van der Waals surface area contributed by atoms with Gasteiger partial charge in [-0.3, -0.25) is 14.9 Å². The molecule has 0 fully saturated rings. The third-order valence-electron chi connectivity index (χ3n) is 4.90. The fourth-order valence-electron chi connectivity index (χ4n) is 3.10. The van der Waals surface area contributed by atoms with Crippen LogP contribution in [0.2, 0.25) is 5.02 Å². The number of anilines is 1. The lowest BCUT2D eigenvalue weighted by molar-refractivity contribution is -0.384. The predicted octanol–water partition coefficient (Wildman–Crippen LogP) is 6.29. The lowest BCUT2D eigenvalue weighted by Crippen LogP contribution is -2.16. The molecule has 0 spiro atoms. The number of nitro groups is 1. The van der Waals surface area contributed by atoms with E-state index in [0.717, 1.165) is 16.8 Å². The lowest BCUT2D eigenvalue weighted by atomic mass is 9.97. The Labute approximate surface area is 174 Å². The van der Waals surface area contributed by atoms with Crippen molar-refractivity contribution in [2.45, 2.75) is 26.3 Å². The van der Waals surface area contributed by atoms with Crippen molar-refractivity contribution in [3.8, 4) is 0 Å². The maximum absolute atomic E-state index is 12.8. The van der Waals surface area contributed by atoms with Crippen LogP contribution in [0.5, 0.6) is 0 Å². The number of ketones is 1. The highest BCUT2D eigenvalue weighted by molar-refractivity contribution is 6.32. The summed E-state index contributed by atoms with van der Waals surface area (Å²) in [6.07, 6.45) is 0.149. The van der Waals surface area contributed by atoms with E-state index in [0.29, 0.717) is 11.1 Å². The van der Waals surface area contributed by atoms with Crippen molar-refractivity contribution in [1.29, 1.82) is 0 Å². The number of rotatable bonds is 7. The van der Waals surface area contributed by atoms with Gasteiger partial charge in [-0.2, -0.15) is 0 Å². The third-order valence-corrected chi connectivity index (χ3v) is 5.22. The Kier molecular flexibility index (Phi) is 6.29. The topological polar surface area (TPSA) is 72.2 Å². The molecule has 0 radical (unpaired) electrons. The van der Waals surface area contributed by atoms with Gasteiger partial charge in [0.2, 0.25) is 0 Å². The second-order valence-electron chi connectivity index (χ2n) is 6.96. The summed E-state index contributed by atoms with van der Waals surface area (Å²) in [7, 11) is 0. The minimum absolute atomic E-state index is 0.0514. The molecule has 0 aromatic heterocycles. The molecule has 29 heavy (non-hydrogen) atoms. The van der Waals surface area contributed by atoms with E-state index in [9.17, 15) is 14.9 Å². The molecule has 148 valence electrons. The van der Waals surface area contributed by atoms with Crippen LogP contribution in [-0.4, -0.2) is 10.7 Å². The molecule has 3 aromatic carbocycles. The maximum Gasteiger partial charge on any atom is 0.288 e. The predicted molar refractivity (Wildman–Crippen MR) is 116 cm³/mol. The molecule has 0 bridgehead atoms. The lowest BCUT2D eigenvalue weighted by Gasteiger charge is -2.21. The largest absolute Gasteiger partial charge is 0.378 e. The first-order valence-electron chi connectivity index (χ1n) is 9.21. The van der Waals surface area contributed by atoms with Crippen LogP contribution in [0.1, 0.15) is 39.5 Å². The van der Waals surface area contributed by atoms with E-state index in [4.69, 9.17) is 11.6 Å². The van der Waals surface area contributed by atoms with E-state index >= 15 is 0 Å². The molecular weight excluding hydrogens is 388 g/mol. The fourth-order valence-corrected chi connectivity index (χ4v) is 3.28. The minimum atomic E-state index is -0.516. The Morgan fingerprint density at radius 2 is 1.76 bits per heavy atom. The van der Waals surface area contributed by atoms with Crippen molar-refractivity contribution >= 4 is 28.8 Å². The van der Waals surface area contributed by atoms with Gasteiger partial charge in [-0.05, 0) is 48.7 Å². The molecule has 3 rings (SSSR count). The number of benzene rings is 3.